The van der Waals surface area contributed by atoms with Gasteiger partial charge in [-0.05, 0) is 25.5 Å². The minimum absolute atomic E-state index is 0. The number of amides is 2. The molecule has 2 N–H and O–H groups in total. The smallest absolute Gasteiger partial charge is 0.268 e. The summed E-state index contributed by atoms with van der Waals surface area (Å²) in [6, 6.07) is 7.32. The number of halogens is 1. The fourth-order valence-electron chi connectivity index (χ4n) is 2.77. The molecule has 120 valence electrons. The van der Waals surface area contributed by atoms with Gasteiger partial charge < -0.3 is 15.4 Å². The van der Waals surface area contributed by atoms with Crippen LogP contribution in [0.5, 0.6) is 5.75 Å². The standard InChI is InChI=1S/C15H19N3O3.ClH/c1-10-15(20)18(12-4-2-3-5-13(12)21-10)9-14(19)17-7-6-11(16)8-17;/h2-5,10-11H,6-9,16H2,1H3;1H/t10?,11-;/m1./s1. The van der Waals surface area contributed by atoms with Gasteiger partial charge in [0.2, 0.25) is 5.91 Å². The molecule has 0 saturated carbocycles. The largest absolute Gasteiger partial charge is 0.479 e. The lowest BCUT2D eigenvalue weighted by Crippen LogP contribution is -2.49. The third-order valence-corrected chi connectivity index (χ3v) is 3.94. The highest BCUT2D eigenvalue weighted by Crippen LogP contribution is 2.33. The number of carbonyl (C=O) groups excluding carboxylic acids is 2. The van der Waals surface area contributed by atoms with E-state index in [1.54, 1.807) is 17.9 Å². The van der Waals surface area contributed by atoms with Gasteiger partial charge in [-0.25, -0.2) is 0 Å². The Morgan fingerprint density at radius 1 is 1.41 bits per heavy atom. The van der Waals surface area contributed by atoms with Gasteiger partial charge in [-0.2, -0.15) is 0 Å². The first-order chi connectivity index (χ1) is 10.1. The maximum absolute atomic E-state index is 12.4. The molecule has 1 unspecified atom stereocenters. The summed E-state index contributed by atoms with van der Waals surface area (Å²) in [7, 11) is 0. The van der Waals surface area contributed by atoms with Crippen molar-refractivity contribution in [3.8, 4) is 5.75 Å². The second-order valence-electron chi connectivity index (χ2n) is 5.54. The fourth-order valence-corrected chi connectivity index (χ4v) is 2.77. The van der Waals surface area contributed by atoms with Crippen LogP contribution in [-0.4, -0.2) is 48.5 Å². The Morgan fingerprint density at radius 3 is 2.82 bits per heavy atom. The molecule has 1 aromatic carbocycles. The number of anilines is 1. The molecule has 1 aromatic rings. The Kier molecular flexibility index (Phi) is 4.93. The monoisotopic (exact) mass is 325 g/mol. The number of likely N-dealkylation sites (tertiary alicyclic amines) is 1. The molecule has 2 amide bonds. The van der Waals surface area contributed by atoms with Gasteiger partial charge in [0, 0.05) is 19.1 Å². The zero-order valence-electron chi connectivity index (χ0n) is 12.4. The Hall–Kier alpha value is -1.79. The summed E-state index contributed by atoms with van der Waals surface area (Å²) >= 11 is 0. The third kappa shape index (κ3) is 3.03. The molecule has 6 nitrogen and oxygen atoms in total. The lowest BCUT2D eigenvalue weighted by molar-refractivity contribution is -0.132. The SMILES string of the molecule is CC1Oc2ccccc2N(CC(=O)N2CC[C@@H](N)C2)C1=O.Cl. The van der Waals surface area contributed by atoms with Crippen molar-refractivity contribution >= 4 is 29.9 Å². The summed E-state index contributed by atoms with van der Waals surface area (Å²) in [5.41, 5.74) is 6.48. The summed E-state index contributed by atoms with van der Waals surface area (Å²) in [5, 5.41) is 0. The normalized spacial score (nSPS) is 23.6. The maximum atomic E-state index is 12.4. The van der Waals surface area contributed by atoms with Crippen LogP contribution in [0.2, 0.25) is 0 Å². The van der Waals surface area contributed by atoms with E-state index in [1.165, 1.54) is 4.90 Å². The molecule has 0 aromatic heterocycles. The molecule has 0 aliphatic carbocycles. The van der Waals surface area contributed by atoms with Crippen LogP contribution in [0.4, 0.5) is 5.69 Å². The average molecular weight is 326 g/mol. The highest BCUT2D eigenvalue weighted by atomic mass is 35.5. The number of hydrogen-bond donors (Lipinski definition) is 1. The Morgan fingerprint density at radius 2 is 2.14 bits per heavy atom. The summed E-state index contributed by atoms with van der Waals surface area (Å²) in [6.45, 7) is 2.96. The minimum atomic E-state index is -0.575. The van der Waals surface area contributed by atoms with Gasteiger partial charge in [-0.15, -0.1) is 12.4 Å². The summed E-state index contributed by atoms with van der Waals surface area (Å²) in [4.78, 5) is 27.9. The molecule has 1 saturated heterocycles. The Bertz CT molecular complexity index is 581. The van der Waals surface area contributed by atoms with E-state index < -0.39 is 6.10 Å². The quantitative estimate of drug-likeness (QED) is 0.872. The van der Waals surface area contributed by atoms with Crippen molar-refractivity contribution in [2.45, 2.75) is 25.5 Å². The van der Waals surface area contributed by atoms with Gasteiger partial charge in [0.25, 0.3) is 5.91 Å². The van der Waals surface area contributed by atoms with Crippen molar-refractivity contribution in [2.24, 2.45) is 5.73 Å². The van der Waals surface area contributed by atoms with E-state index >= 15 is 0 Å². The van der Waals surface area contributed by atoms with E-state index in [0.717, 1.165) is 6.42 Å². The van der Waals surface area contributed by atoms with E-state index in [0.29, 0.717) is 24.5 Å². The van der Waals surface area contributed by atoms with Crippen molar-refractivity contribution in [3.63, 3.8) is 0 Å². The number of benzene rings is 1. The Balaban J connectivity index is 0.00000176. The second-order valence-corrected chi connectivity index (χ2v) is 5.54. The predicted octanol–water partition coefficient (Wildman–Crippen LogP) is 0.782. The first-order valence-corrected chi connectivity index (χ1v) is 7.16. The molecule has 2 heterocycles. The van der Waals surface area contributed by atoms with Crippen molar-refractivity contribution in [1.29, 1.82) is 0 Å². The lowest BCUT2D eigenvalue weighted by Gasteiger charge is -2.33. The van der Waals surface area contributed by atoms with Crippen LogP contribution < -0.4 is 15.4 Å². The first-order valence-electron chi connectivity index (χ1n) is 7.16. The number of fused-ring (bicyclic) bond motifs is 1. The molecule has 7 heteroatoms. The van der Waals surface area contributed by atoms with E-state index in [1.807, 2.05) is 18.2 Å². The van der Waals surface area contributed by atoms with E-state index in [9.17, 15) is 9.59 Å². The van der Waals surface area contributed by atoms with Gasteiger partial charge >= 0.3 is 0 Å². The molecular formula is C15H20ClN3O3. The van der Waals surface area contributed by atoms with Gasteiger partial charge in [0.05, 0.1) is 5.69 Å². The van der Waals surface area contributed by atoms with Crippen molar-refractivity contribution in [3.05, 3.63) is 24.3 Å². The molecule has 0 radical (unpaired) electrons. The molecular weight excluding hydrogens is 306 g/mol. The fraction of sp³-hybridized carbons (Fsp3) is 0.467. The molecule has 3 rings (SSSR count). The number of nitrogens with two attached hydrogens (primary N) is 1. The average Bonchev–Trinajstić information content (AvgIpc) is 2.90. The number of ether oxygens (including phenoxy) is 1. The van der Waals surface area contributed by atoms with Crippen molar-refractivity contribution in [1.82, 2.24) is 4.90 Å². The lowest BCUT2D eigenvalue weighted by atomic mass is 10.2. The van der Waals surface area contributed by atoms with Crippen LogP contribution in [0.25, 0.3) is 0 Å². The number of para-hydroxylation sites is 2. The van der Waals surface area contributed by atoms with Crippen LogP contribution in [0, 0.1) is 0 Å². The van der Waals surface area contributed by atoms with Gasteiger partial charge in [0.15, 0.2) is 6.10 Å². The van der Waals surface area contributed by atoms with Crippen molar-refractivity contribution < 1.29 is 14.3 Å². The van der Waals surface area contributed by atoms with Crippen LogP contribution in [0.15, 0.2) is 24.3 Å². The maximum Gasteiger partial charge on any atom is 0.268 e. The van der Waals surface area contributed by atoms with Gasteiger partial charge in [-0.3, -0.25) is 14.5 Å². The molecule has 0 bridgehead atoms. The second kappa shape index (κ2) is 6.54. The molecule has 1 fully saturated rings. The van der Waals surface area contributed by atoms with Crippen LogP contribution in [0.1, 0.15) is 13.3 Å². The van der Waals surface area contributed by atoms with Crippen LogP contribution in [0.3, 0.4) is 0 Å². The Labute approximate surface area is 135 Å². The molecule has 2 aliphatic rings. The van der Waals surface area contributed by atoms with Gasteiger partial charge in [0.1, 0.15) is 12.3 Å². The van der Waals surface area contributed by atoms with Crippen LogP contribution >= 0.6 is 12.4 Å². The highest BCUT2D eigenvalue weighted by molar-refractivity contribution is 6.03. The van der Waals surface area contributed by atoms with E-state index in [4.69, 9.17) is 10.5 Å². The third-order valence-electron chi connectivity index (χ3n) is 3.94. The van der Waals surface area contributed by atoms with E-state index in [-0.39, 0.29) is 36.8 Å². The summed E-state index contributed by atoms with van der Waals surface area (Å²) < 4.78 is 5.56. The zero-order chi connectivity index (χ0) is 15.0. The number of rotatable bonds is 2. The molecule has 2 atom stereocenters. The zero-order valence-corrected chi connectivity index (χ0v) is 13.2. The summed E-state index contributed by atoms with van der Waals surface area (Å²) in [6.07, 6.45) is 0.240. The molecule has 22 heavy (non-hydrogen) atoms. The highest BCUT2D eigenvalue weighted by Gasteiger charge is 2.34. The minimum Gasteiger partial charge on any atom is -0.479 e. The van der Waals surface area contributed by atoms with Crippen LogP contribution in [-0.2, 0) is 9.59 Å². The van der Waals surface area contributed by atoms with E-state index in [2.05, 4.69) is 0 Å². The molecule has 2 aliphatic heterocycles. The summed E-state index contributed by atoms with van der Waals surface area (Å²) in [5.74, 6) is 0.376. The first kappa shape index (κ1) is 16.6. The van der Waals surface area contributed by atoms with Gasteiger partial charge in [-0.1, -0.05) is 12.1 Å². The number of carbonyl (C=O) groups is 2. The number of hydrogen-bond acceptors (Lipinski definition) is 4. The predicted molar refractivity (Wildman–Crippen MR) is 85.3 cm³/mol. The number of nitrogens with zero attached hydrogens (tertiary/aromatic N) is 2. The molecule has 0 spiro atoms. The topological polar surface area (TPSA) is 75.9 Å². The van der Waals surface area contributed by atoms with Crippen molar-refractivity contribution in [2.75, 3.05) is 24.5 Å².